The van der Waals surface area contributed by atoms with Crippen LogP contribution >= 0.6 is 0 Å². The number of nitrogens with one attached hydrogen (secondary N) is 1. The van der Waals surface area contributed by atoms with E-state index in [1.54, 1.807) is 6.33 Å². The zero-order chi connectivity index (χ0) is 24.7. The summed E-state index contributed by atoms with van der Waals surface area (Å²) in [7, 11) is 0. The number of nitrogens with zero attached hydrogens (tertiary/aromatic N) is 4. The third kappa shape index (κ3) is 4.67. The number of aromatic nitrogens is 4. The van der Waals surface area contributed by atoms with Crippen LogP contribution in [0.3, 0.4) is 0 Å². The quantitative estimate of drug-likeness (QED) is 0.354. The number of rotatable bonds is 8. The van der Waals surface area contributed by atoms with E-state index in [2.05, 4.69) is 72.2 Å². The lowest BCUT2D eigenvalue weighted by Gasteiger charge is -2.24. The van der Waals surface area contributed by atoms with Gasteiger partial charge in [0.15, 0.2) is 5.65 Å². The van der Waals surface area contributed by atoms with Crippen molar-refractivity contribution in [2.75, 3.05) is 18.8 Å². The molecule has 1 aliphatic heterocycles. The van der Waals surface area contributed by atoms with Crippen molar-refractivity contribution in [1.82, 2.24) is 24.5 Å². The lowest BCUT2D eigenvalue weighted by molar-refractivity contribution is 0.253. The molecule has 1 saturated heterocycles. The molecule has 0 radical (unpaired) electrons. The summed E-state index contributed by atoms with van der Waals surface area (Å²) >= 11 is -1.95. The van der Waals surface area contributed by atoms with Crippen molar-refractivity contribution in [3.05, 3.63) is 53.0 Å². The highest BCUT2D eigenvalue weighted by Gasteiger charge is 2.25. The Hall–Kier alpha value is -2.55. The van der Waals surface area contributed by atoms with Crippen molar-refractivity contribution in [1.29, 1.82) is 0 Å². The molecule has 2 unspecified atom stereocenters. The van der Waals surface area contributed by atoms with Gasteiger partial charge in [0.25, 0.3) is 0 Å². The van der Waals surface area contributed by atoms with E-state index >= 15 is 0 Å². The van der Waals surface area contributed by atoms with Gasteiger partial charge in [-0.05, 0) is 92.9 Å². The third-order valence-corrected chi connectivity index (χ3v) is 8.24. The van der Waals surface area contributed by atoms with Crippen LogP contribution in [0.25, 0.3) is 27.8 Å². The molecular formula is C27H34N5O2S-. The number of likely N-dealkylation sites (tertiary alicyclic amines) is 1. The van der Waals surface area contributed by atoms with E-state index in [4.69, 9.17) is 0 Å². The van der Waals surface area contributed by atoms with E-state index in [0.29, 0.717) is 18.4 Å². The molecule has 3 aromatic heterocycles. The Morgan fingerprint density at radius 3 is 2.86 bits per heavy atom. The maximum atomic E-state index is 10.9. The zero-order valence-electron chi connectivity index (χ0n) is 21.0. The lowest BCUT2D eigenvalue weighted by atomic mass is 9.93. The molecule has 0 spiro atoms. The molecule has 2 atom stereocenters. The molecular weight excluding hydrogens is 458 g/mol. The molecule has 0 aliphatic carbocycles. The summed E-state index contributed by atoms with van der Waals surface area (Å²) in [6.45, 7) is 10.7. The second-order valence-electron chi connectivity index (χ2n) is 10.2. The SMILES string of the molecule is Cc1c(-c2[nH]c3ccc(CC4CCCN4CCCS(=O)[O-])cc3c2C(C)C)cn2cnnc2c1C. The molecule has 0 bridgehead atoms. The molecule has 1 N–H and O–H groups in total. The van der Waals surface area contributed by atoms with Crippen LogP contribution in [0.2, 0.25) is 0 Å². The molecule has 8 heteroatoms. The van der Waals surface area contributed by atoms with Crippen LogP contribution < -0.4 is 0 Å². The summed E-state index contributed by atoms with van der Waals surface area (Å²) in [5.74, 6) is 0.611. The molecule has 0 amide bonds. The Morgan fingerprint density at radius 2 is 2.09 bits per heavy atom. The normalized spacial score (nSPS) is 17.8. The molecule has 0 saturated carbocycles. The number of aryl methyl sites for hydroxylation is 1. The molecule has 4 aromatic rings. The highest BCUT2D eigenvalue weighted by atomic mass is 32.2. The van der Waals surface area contributed by atoms with Gasteiger partial charge >= 0.3 is 0 Å². The number of pyridine rings is 1. The number of benzene rings is 1. The van der Waals surface area contributed by atoms with Gasteiger partial charge in [0.1, 0.15) is 6.33 Å². The summed E-state index contributed by atoms with van der Waals surface area (Å²) in [6.07, 6.45) is 7.97. The van der Waals surface area contributed by atoms with Gasteiger partial charge < -0.3 is 14.4 Å². The lowest BCUT2D eigenvalue weighted by Crippen LogP contribution is -2.32. The minimum absolute atomic E-state index is 0.249. The van der Waals surface area contributed by atoms with E-state index in [0.717, 1.165) is 36.2 Å². The van der Waals surface area contributed by atoms with Crippen molar-refractivity contribution in [2.24, 2.45) is 0 Å². The fraction of sp³-hybridized carbons (Fsp3) is 0.481. The summed E-state index contributed by atoms with van der Waals surface area (Å²) in [5.41, 5.74) is 9.49. The van der Waals surface area contributed by atoms with Gasteiger partial charge in [-0.25, -0.2) is 0 Å². The molecule has 1 aliphatic rings. The Bertz CT molecular complexity index is 1390. The number of H-pyrrole nitrogens is 1. The van der Waals surface area contributed by atoms with Gasteiger partial charge in [-0.3, -0.25) is 8.61 Å². The van der Waals surface area contributed by atoms with Crippen molar-refractivity contribution in [3.8, 4) is 11.3 Å². The van der Waals surface area contributed by atoms with E-state index in [1.807, 2.05) is 4.40 Å². The van der Waals surface area contributed by atoms with Crippen LogP contribution in [0.1, 0.15) is 61.3 Å². The molecule has 4 heterocycles. The Labute approximate surface area is 209 Å². The maximum absolute atomic E-state index is 10.9. The van der Waals surface area contributed by atoms with Crippen molar-refractivity contribution < 1.29 is 8.76 Å². The van der Waals surface area contributed by atoms with Crippen LogP contribution in [-0.2, 0) is 17.5 Å². The number of aromatic amines is 1. The van der Waals surface area contributed by atoms with Crippen molar-refractivity contribution in [3.63, 3.8) is 0 Å². The van der Waals surface area contributed by atoms with E-state index < -0.39 is 11.1 Å². The summed E-state index contributed by atoms with van der Waals surface area (Å²) in [5, 5.41) is 9.67. The smallest absolute Gasteiger partial charge is 0.163 e. The molecule has 1 aromatic carbocycles. The van der Waals surface area contributed by atoms with Crippen LogP contribution in [-0.4, -0.2) is 58.1 Å². The Morgan fingerprint density at radius 1 is 1.26 bits per heavy atom. The van der Waals surface area contributed by atoms with Gasteiger partial charge in [-0.15, -0.1) is 10.2 Å². The maximum Gasteiger partial charge on any atom is 0.163 e. The van der Waals surface area contributed by atoms with Gasteiger partial charge in [0, 0.05) is 34.5 Å². The molecule has 7 nitrogen and oxygen atoms in total. The van der Waals surface area contributed by atoms with Gasteiger partial charge in [-0.1, -0.05) is 31.0 Å². The van der Waals surface area contributed by atoms with Gasteiger partial charge in [-0.2, -0.15) is 0 Å². The second kappa shape index (κ2) is 9.84. The monoisotopic (exact) mass is 492 g/mol. The number of hydrogen-bond donors (Lipinski definition) is 1. The van der Waals surface area contributed by atoms with Crippen LogP contribution in [0.5, 0.6) is 0 Å². The van der Waals surface area contributed by atoms with Crippen LogP contribution in [0, 0.1) is 13.8 Å². The highest BCUT2D eigenvalue weighted by molar-refractivity contribution is 7.79. The van der Waals surface area contributed by atoms with Gasteiger partial charge in [0.05, 0.1) is 5.69 Å². The first-order valence-electron chi connectivity index (χ1n) is 12.6. The van der Waals surface area contributed by atoms with Crippen LogP contribution in [0.4, 0.5) is 0 Å². The minimum Gasteiger partial charge on any atom is -0.772 e. The Kier molecular flexibility index (Phi) is 6.79. The molecule has 1 fully saturated rings. The fourth-order valence-corrected chi connectivity index (χ4v) is 6.11. The largest absolute Gasteiger partial charge is 0.772 e. The minimum atomic E-state index is -1.95. The molecule has 186 valence electrons. The summed E-state index contributed by atoms with van der Waals surface area (Å²) in [4.78, 5) is 6.21. The Balaban J connectivity index is 1.49. The van der Waals surface area contributed by atoms with Crippen molar-refractivity contribution >= 4 is 27.6 Å². The topological polar surface area (TPSA) is 89.3 Å². The number of fused-ring (bicyclic) bond motifs is 2. The van der Waals surface area contributed by atoms with Gasteiger partial charge in [0.2, 0.25) is 0 Å². The highest BCUT2D eigenvalue weighted by Crippen LogP contribution is 2.38. The second-order valence-corrected chi connectivity index (χ2v) is 11.2. The summed E-state index contributed by atoms with van der Waals surface area (Å²) < 4.78 is 23.9. The average Bonchev–Trinajstić information content (AvgIpc) is 3.54. The first kappa shape index (κ1) is 24.2. The fourth-order valence-electron chi connectivity index (χ4n) is 5.74. The number of hydrogen-bond acceptors (Lipinski definition) is 5. The third-order valence-electron chi connectivity index (χ3n) is 7.62. The average molecular weight is 493 g/mol. The standard InChI is InChI=1S/C27H35N5O2S/c1-17(2)25-22-14-20(13-21-7-5-10-31(21)11-6-12-35(33)34)8-9-24(22)29-26(25)23-15-32-16-28-30-27(32)19(4)18(23)3/h8-9,14-17,21,29H,5-7,10-13H2,1-4H3,(H,33,34)/p-1. The first-order valence-corrected chi connectivity index (χ1v) is 13.8. The predicted molar refractivity (Wildman–Crippen MR) is 141 cm³/mol. The molecule has 35 heavy (non-hydrogen) atoms. The van der Waals surface area contributed by atoms with E-state index in [9.17, 15) is 8.76 Å². The van der Waals surface area contributed by atoms with E-state index in [-0.39, 0.29) is 5.75 Å². The predicted octanol–water partition coefficient (Wildman–Crippen LogP) is 4.89. The van der Waals surface area contributed by atoms with Crippen molar-refractivity contribution in [2.45, 2.75) is 65.3 Å². The zero-order valence-corrected chi connectivity index (χ0v) is 21.8. The van der Waals surface area contributed by atoms with Crippen LogP contribution in [0.15, 0.2) is 30.7 Å². The summed E-state index contributed by atoms with van der Waals surface area (Å²) in [6, 6.07) is 7.32. The van der Waals surface area contributed by atoms with E-state index in [1.165, 1.54) is 46.2 Å². The first-order chi connectivity index (χ1) is 16.8. The molecule has 5 rings (SSSR count).